The Morgan fingerprint density at radius 1 is 1.07 bits per heavy atom. The van der Waals surface area contributed by atoms with Gasteiger partial charge in [0.25, 0.3) is 5.91 Å². The molecule has 1 amide bonds. The molecule has 0 unspecified atom stereocenters. The highest BCUT2D eigenvalue weighted by atomic mass is 35.5. The van der Waals surface area contributed by atoms with Crippen molar-refractivity contribution >= 4 is 41.3 Å². The number of nitrogens with one attached hydrogen (secondary N) is 1. The quantitative estimate of drug-likeness (QED) is 0.495. The molecule has 148 valence electrons. The minimum Gasteiger partial charge on any atom is -0.497 e. The molecular formula is C18H16Cl2N2O6. The number of hydrazone groups is 1. The standard InChI is InChI=1S/C18H16Cl2N2O6/c1-26-12-5-11(6-13(7-12)27-2)18(25)22-21-8-10-3-14(19)17(15(20)4-10)28-9-16(23)24/h3-8H,9H2,1-2H3,(H,22,25)(H,23,24). The summed E-state index contributed by atoms with van der Waals surface area (Å²) in [5.41, 5.74) is 3.13. The first-order valence-corrected chi connectivity index (χ1v) is 8.49. The van der Waals surface area contributed by atoms with Crippen LogP contribution in [0.15, 0.2) is 35.4 Å². The summed E-state index contributed by atoms with van der Waals surface area (Å²) in [6.45, 7) is -0.576. The lowest BCUT2D eigenvalue weighted by Crippen LogP contribution is -2.17. The summed E-state index contributed by atoms with van der Waals surface area (Å²) < 4.78 is 15.3. The normalized spacial score (nSPS) is 10.6. The summed E-state index contributed by atoms with van der Waals surface area (Å²) >= 11 is 12.1. The maximum absolute atomic E-state index is 12.2. The average Bonchev–Trinajstić information content (AvgIpc) is 2.66. The molecular weight excluding hydrogens is 411 g/mol. The second-order valence-electron chi connectivity index (χ2n) is 5.30. The van der Waals surface area contributed by atoms with Crippen molar-refractivity contribution < 1.29 is 28.9 Å². The number of benzene rings is 2. The van der Waals surface area contributed by atoms with Gasteiger partial charge < -0.3 is 19.3 Å². The number of amides is 1. The first-order valence-electron chi connectivity index (χ1n) is 7.74. The Hall–Kier alpha value is -2.97. The van der Waals surface area contributed by atoms with Gasteiger partial charge >= 0.3 is 5.97 Å². The summed E-state index contributed by atoms with van der Waals surface area (Å²) in [4.78, 5) is 22.8. The zero-order valence-corrected chi connectivity index (χ0v) is 16.4. The van der Waals surface area contributed by atoms with Crippen LogP contribution in [-0.2, 0) is 4.79 Å². The Kier molecular flexibility index (Phi) is 7.48. The Labute approximate surface area is 170 Å². The second-order valence-corrected chi connectivity index (χ2v) is 6.11. The van der Waals surface area contributed by atoms with Crippen LogP contribution in [0.4, 0.5) is 0 Å². The fraction of sp³-hybridized carbons (Fsp3) is 0.167. The summed E-state index contributed by atoms with van der Waals surface area (Å²) in [5.74, 6) is -0.662. The van der Waals surface area contributed by atoms with Gasteiger partial charge in [0.2, 0.25) is 0 Å². The SMILES string of the molecule is COc1cc(OC)cc(C(=O)NN=Cc2cc(Cl)c(OCC(=O)O)c(Cl)c2)c1. The fourth-order valence-corrected chi connectivity index (χ4v) is 2.71. The number of carbonyl (C=O) groups excluding carboxylic acids is 1. The van der Waals surface area contributed by atoms with E-state index in [1.54, 1.807) is 6.07 Å². The highest BCUT2D eigenvalue weighted by Gasteiger charge is 2.12. The molecule has 0 heterocycles. The van der Waals surface area contributed by atoms with Crippen molar-refractivity contribution in [2.24, 2.45) is 5.10 Å². The average molecular weight is 427 g/mol. The maximum atomic E-state index is 12.2. The van der Waals surface area contributed by atoms with Crippen LogP contribution in [0.25, 0.3) is 0 Å². The van der Waals surface area contributed by atoms with Gasteiger partial charge in [0, 0.05) is 11.6 Å². The van der Waals surface area contributed by atoms with E-state index in [0.29, 0.717) is 22.6 Å². The van der Waals surface area contributed by atoms with Gasteiger partial charge in [-0.15, -0.1) is 0 Å². The Morgan fingerprint density at radius 3 is 2.14 bits per heavy atom. The van der Waals surface area contributed by atoms with Crippen molar-refractivity contribution in [3.63, 3.8) is 0 Å². The molecule has 0 aliphatic heterocycles. The predicted molar refractivity (Wildman–Crippen MR) is 104 cm³/mol. The van der Waals surface area contributed by atoms with Crippen molar-refractivity contribution in [3.05, 3.63) is 51.5 Å². The van der Waals surface area contributed by atoms with E-state index in [1.807, 2.05) is 0 Å². The molecule has 0 saturated heterocycles. The number of halogens is 2. The number of hydrogen-bond acceptors (Lipinski definition) is 6. The van der Waals surface area contributed by atoms with Crippen molar-refractivity contribution in [2.75, 3.05) is 20.8 Å². The molecule has 2 N–H and O–H groups in total. The minimum absolute atomic E-state index is 0.0513. The van der Waals surface area contributed by atoms with Gasteiger partial charge in [-0.05, 0) is 29.8 Å². The lowest BCUT2D eigenvalue weighted by Gasteiger charge is -2.09. The Morgan fingerprint density at radius 2 is 1.64 bits per heavy atom. The van der Waals surface area contributed by atoms with Gasteiger partial charge in [0.1, 0.15) is 11.5 Å². The number of carboxylic acid groups (broad SMARTS) is 1. The first-order chi connectivity index (χ1) is 13.3. The van der Waals surface area contributed by atoms with Crippen LogP contribution in [-0.4, -0.2) is 44.0 Å². The van der Waals surface area contributed by atoms with Crippen molar-refractivity contribution in [1.82, 2.24) is 5.43 Å². The van der Waals surface area contributed by atoms with Crippen LogP contribution in [0.5, 0.6) is 17.2 Å². The van der Waals surface area contributed by atoms with Crippen LogP contribution >= 0.6 is 23.2 Å². The summed E-state index contributed by atoms with van der Waals surface area (Å²) in [7, 11) is 2.96. The van der Waals surface area contributed by atoms with E-state index in [0.717, 1.165) is 0 Å². The van der Waals surface area contributed by atoms with Gasteiger partial charge in [-0.3, -0.25) is 4.79 Å². The molecule has 0 atom stereocenters. The molecule has 0 aliphatic rings. The largest absolute Gasteiger partial charge is 0.497 e. The lowest BCUT2D eigenvalue weighted by atomic mass is 10.2. The van der Waals surface area contributed by atoms with E-state index in [2.05, 4.69) is 10.5 Å². The molecule has 28 heavy (non-hydrogen) atoms. The molecule has 2 aromatic carbocycles. The highest BCUT2D eigenvalue weighted by Crippen LogP contribution is 2.33. The molecule has 0 radical (unpaired) electrons. The van der Waals surface area contributed by atoms with Crippen LogP contribution in [0.3, 0.4) is 0 Å². The molecule has 0 aromatic heterocycles. The van der Waals surface area contributed by atoms with E-state index in [4.69, 9.17) is 42.5 Å². The molecule has 0 aliphatic carbocycles. The van der Waals surface area contributed by atoms with E-state index in [9.17, 15) is 9.59 Å². The molecule has 0 bridgehead atoms. The zero-order chi connectivity index (χ0) is 20.7. The second kappa shape index (κ2) is 9.82. The maximum Gasteiger partial charge on any atom is 0.341 e. The number of carbonyl (C=O) groups is 2. The number of hydrogen-bond donors (Lipinski definition) is 2. The molecule has 0 fully saturated rings. The predicted octanol–water partition coefficient (Wildman–Crippen LogP) is 3.24. The van der Waals surface area contributed by atoms with Gasteiger partial charge in [-0.1, -0.05) is 23.2 Å². The molecule has 0 spiro atoms. The smallest absolute Gasteiger partial charge is 0.341 e. The van der Waals surface area contributed by atoms with Crippen molar-refractivity contribution in [2.45, 2.75) is 0 Å². The Balaban J connectivity index is 2.10. The Bertz CT molecular complexity index is 872. The zero-order valence-electron chi connectivity index (χ0n) is 14.9. The van der Waals surface area contributed by atoms with Gasteiger partial charge in [0.15, 0.2) is 12.4 Å². The van der Waals surface area contributed by atoms with E-state index >= 15 is 0 Å². The summed E-state index contributed by atoms with van der Waals surface area (Å²) in [6, 6.07) is 7.65. The van der Waals surface area contributed by atoms with Crippen LogP contribution in [0.2, 0.25) is 10.0 Å². The first kappa shape index (κ1) is 21.3. The number of rotatable bonds is 8. The number of methoxy groups -OCH3 is 2. The molecule has 2 aromatic rings. The van der Waals surface area contributed by atoms with Crippen molar-refractivity contribution in [3.8, 4) is 17.2 Å². The van der Waals surface area contributed by atoms with E-state index in [-0.39, 0.29) is 15.8 Å². The van der Waals surface area contributed by atoms with E-state index in [1.165, 1.54) is 44.7 Å². The monoisotopic (exact) mass is 426 g/mol. The number of aliphatic carboxylic acids is 1. The van der Waals surface area contributed by atoms with Gasteiger partial charge in [-0.2, -0.15) is 5.10 Å². The number of nitrogens with zero attached hydrogens (tertiary/aromatic N) is 1. The minimum atomic E-state index is -1.16. The summed E-state index contributed by atoms with van der Waals surface area (Å²) in [6.07, 6.45) is 1.33. The lowest BCUT2D eigenvalue weighted by molar-refractivity contribution is -0.139. The van der Waals surface area contributed by atoms with E-state index < -0.39 is 18.5 Å². The third kappa shape index (κ3) is 5.77. The molecule has 10 heteroatoms. The van der Waals surface area contributed by atoms with Gasteiger partial charge in [0.05, 0.1) is 30.5 Å². The molecule has 8 nitrogen and oxygen atoms in total. The van der Waals surface area contributed by atoms with Crippen LogP contribution < -0.4 is 19.6 Å². The molecule has 0 saturated carbocycles. The fourth-order valence-electron chi connectivity index (χ4n) is 2.09. The summed E-state index contributed by atoms with van der Waals surface area (Å²) in [5, 5.41) is 12.7. The van der Waals surface area contributed by atoms with Crippen LogP contribution in [0, 0.1) is 0 Å². The topological polar surface area (TPSA) is 106 Å². The third-order valence-electron chi connectivity index (χ3n) is 3.35. The van der Waals surface area contributed by atoms with Crippen LogP contribution in [0.1, 0.15) is 15.9 Å². The third-order valence-corrected chi connectivity index (χ3v) is 3.92. The molecule has 2 rings (SSSR count). The van der Waals surface area contributed by atoms with Crippen molar-refractivity contribution in [1.29, 1.82) is 0 Å². The number of carboxylic acids is 1. The highest BCUT2D eigenvalue weighted by molar-refractivity contribution is 6.37. The number of ether oxygens (including phenoxy) is 3. The van der Waals surface area contributed by atoms with Gasteiger partial charge in [-0.25, -0.2) is 10.2 Å².